The third kappa shape index (κ3) is 3.02. The summed E-state index contributed by atoms with van der Waals surface area (Å²) in [6, 6.07) is 6.19. The number of carboxylic acids is 2. The Labute approximate surface area is 108 Å². The van der Waals surface area contributed by atoms with Gasteiger partial charge in [-0.3, -0.25) is 4.79 Å². The van der Waals surface area contributed by atoms with Crippen LogP contribution in [-0.2, 0) is 4.79 Å². The molecule has 1 aromatic rings. The smallest absolute Gasteiger partial charge is 0.335 e. The fraction of sp³-hybridized carbons (Fsp3) is 0.333. The van der Waals surface area contributed by atoms with E-state index in [2.05, 4.69) is 5.32 Å². The summed E-state index contributed by atoms with van der Waals surface area (Å²) in [7, 11) is 0. The Hall–Kier alpha value is -1.53. The molecule has 0 aromatic heterocycles. The highest BCUT2D eigenvalue weighted by atomic mass is 32.2. The fourth-order valence-electron chi connectivity index (χ4n) is 1.88. The van der Waals surface area contributed by atoms with Gasteiger partial charge in [0.15, 0.2) is 0 Å². The first-order chi connectivity index (χ1) is 8.56. The molecule has 0 spiro atoms. The SMILES string of the molecule is O=C(O)c1cccc(SC2CNC(C(=O)O)C2)c1. The van der Waals surface area contributed by atoms with Gasteiger partial charge in [0.05, 0.1) is 5.56 Å². The van der Waals surface area contributed by atoms with Gasteiger partial charge in [-0.05, 0) is 24.6 Å². The molecule has 1 saturated heterocycles. The second-order valence-corrected chi connectivity index (χ2v) is 5.48. The molecule has 6 heteroatoms. The number of hydrogen-bond donors (Lipinski definition) is 3. The Kier molecular flexibility index (Phi) is 3.88. The van der Waals surface area contributed by atoms with Crippen LogP contribution in [0.15, 0.2) is 29.2 Å². The number of rotatable bonds is 4. The van der Waals surface area contributed by atoms with E-state index in [1.54, 1.807) is 18.2 Å². The molecule has 0 radical (unpaired) electrons. The van der Waals surface area contributed by atoms with Crippen molar-refractivity contribution < 1.29 is 19.8 Å². The van der Waals surface area contributed by atoms with Crippen LogP contribution in [0.3, 0.4) is 0 Å². The monoisotopic (exact) mass is 267 g/mol. The van der Waals surface area contributed by atoms with Crippen LogP contribution in [0.4, 0.5) is 0 Å². The topological polar surface area (TPSA) is 86.6 Å². The van der Waals surface area contributed by atoms with Gasteiger partial charge in [0, 0.05) is 16.7 Å². The lowest BCUT2D eigenvalue weighted by Gasteiger charge is -2.08. The first kappa shape index (κ1) is 12.9. The van der Waals surface area contributed by atoms with E-state index in [0.29, 0.717) is 13.0 Å². The van der Waals surface area contributed by atoms with Gasteiger partial charge in [0.1, 0.15) is 6.04 Å². The summed E-state index contributed by atoms with van der Waals surface area (Å²) in [6.07, 6.45) is 0.553. The molecule has 0 saturated carbocycles. The Morgan fingerprint density at radius 1 is 1.33 bits per heavy atom. The molecule has 96 valence electrons. The van der Waals surface area contributed by atoms with Crippen LogP contribution in [-0.4, -0.2) is 40.0 Å². The number of aromatic carboxylic acids is 1. The molecule has 1 heterocycles. The van der Waals surface area contributed by atoms with Crippen molar-refractivity contribution in [3.63, 3.8) is 0 Å². The van der Waals surface area contributed by atoms with E-state index < -0.39 is 18.0 Å². The van der Waals surface area contributed by atoms with Crippen LogP contribution >= 0.6 is 11.8 Å². The zero-order valence-electron chi connectivity index (χ0n) is 9.50. The van der Waals surface area contributed by atoms with Gasteiger partial charge in [-0.2, -0.15) is 0 Å². The van der Waals surface area contributed by atoms with E-state index >= 15 is 0 Å². The van der Waals surface area contributed by atoms with E-state index in [0.717, 1.165) is 4.90 Å². The minimum absolute atomic E-state index is 0.162. The predicted molar refractivity (Wildman–Crippen MR) is 67.1 cm³/mol. The zero-order chi connectivity index (χ0) is 13.1. The summed E-state index contributed by atoms with van der Waals surface area (Å²) in [5.41, 5.74) is 0.251. The van der Waals surface area contributed by atoms with Gasteiger partial charge < -0.3 is 15.5 Å². The van der Waals surface area contributed by atoms with Gasteiger partial charge in [-0.15, -0.1) is 11.8 Å². The maximum absolute atomic E-state index is 10.8. The average Bonchev–Trinajstić information content (AvgIpc) is 2.78. The second kappa shape index (κ2) is 5.41. The maximum Gasteiger partial charge on any atom is 0.335 e. The van der Waals surface area contributed by atoms with Gasteiger partial charge in [-0.1, -0.05) is 6.07 Å². The Balaban J connectivity index is 2.00. The standard InChI is InChI=1S/C12H13NO4S/c14-11(15)7-2-1-3-8(4-7)18-9-5-10(12(16)17)13-6-9/h1-4,9-10,13H,5-6H2,(H,14,15)(H,16,17). The maximum atomic E-state index is 10.8. The van der Waals surface area contributed by atoms with Crippen molar-refractivity contribution in [3.8, 4) is 0 Å². The lowest BCUT2D eigenvalue weighted by Crippen LogP contribution is -2.29. The third-order valence-corrected chi connectivity index (χ3v) is 3.99. The van der Waals surface area contributed by atoms with E-state index in [-0.39, 0.29) is 10.8 Å². The van der Waals surface area contributed by atoms with Gasteiger partial charge in [-0.25, -0.2) is 4.79 Å². The summed E-state index contributed by atoms with van der Waals surface area (Å²) in [6.45, 7) is 0.624. The van der Waals surface area contributed by atoms with Crippen molar-refractivity contribution in [1.82, 2.24) is 5.32 Å². The Morgan fingerprint density at radius 3 is 2.72 bits per heavy atom. The molecular formula is C12H13NO4S. The molecule has 5 nitrogen and oxygen atoms in total. The van der Waals surface area contributed by atoms with Gasteiger partial charge in [0.2, 0.25) is 0 Å². The van der Waals surface area contributed by atoms with Crippen LogP contribution < -0.4 is 5.32 Å². The number of thioether (sulfide) groups is 1. The van der Waals surface area contributed by atoms with E-state index in [9.17, 15) is 9.59 Å². The molecule has 1 aromatic carbocycles. The average molecular weight is 267 g/mol. The minimum Gasteiger partial charge on any atom is -0.480 e. The number of hydrogen-bond acceptors (Lipinski definition) is 4. The predicted octanol–water partition coefficient (Wildman–Crippen LogP) is 1.29. The summed E-state index contributed by atoms with van der Waals surface area (Å²) < 4.78 is 0. The van der Waals surface area contributed by atoms with E-state index in [4.69, 9.17) is 10.2 Å². The number of benzene rings is 1. The van der Waals surface area contributed by atoms with Crippen molar-refractivity contribution in [2.24, 2.45) is 0 Å². The summed E-state index contributed by atoms with van der Waals surface area (Å²) >= 11 is 1.51. The number of carbonyl (C=O) groups is 2. The molecule has 0 aliphatic carbocycles. The normalized spacial score (nSPS) is 22.9. The van der Waals surface area contributed by atoms with E-state index in [1.165, 1.54) is 11.8 Å². The number of nitrogens with one attached hydrogen (secondary N) is 1. The van der Waals surface area contributed by atoms with Crippen LogP contribution in [0.25, 0.3) is 0 Å². The van der Waals surface area contributed by atoms with Crippen LogP contribution in [0, 0.1) is 0 Å². The Bertz CT molecular complexity index is 477. The minimum atomic E-state index is -0.953. The highest BCUT2D eigenvalue weighted by molar-refractivity contribution is 8.00. The molecule has 2 unspecified atom stereocenters. The largest absolute Gasteiger partial charge is 0.480 e. The van der Waals surface area contributed by atoms with Crippen LogP contribution in [0.2, 0.25) is 0 Å². The van der Waals surface area contributed by atoms with Crippen molar-refractivity contribution in [2.45, 2.75) is 22.6 Å². The molecule has 0 bridgehead atoms. The third-order valence-electron chi connectivity index (χ3n) is 2.77. The zero-order valence-corrected chi connectivity index (χ0v) is 10.3. The molecule has 1 fully saturated rings. The molecule has 18 heavy (non-hydrogen) atoms. The van der Waals surface area contributed by atoms with Crippen molar-refractivity contribution >= 4 is 23.7 Å². The first-order valence-electron chi connectivity index (χ1n) is 5.52. The molecule has 1 aliphatic heterocycles. The number of aliphatic carboxylic acids is 1. The highest BCUT2D eigenvalue weighted by Crippen LogP contribution is 2.29. The lowest BCUT2D eigenvalue weighted by atomic mass is 10.2. The van der Waals surface area contributed by atoms with Crippen molar-refractivity contribution in [2.75, 3.05) is 6.54 Å². The Morgan fingerprint density at radius 2 is 2.11 bits per heavy atom. The molecule has 0 amide bonds. The first-order valence-corrected chi connectivity index (χ1v) is 6.40. The van der Waals surface area contributed by atoms with Crippen molar-refractivity contribution in [1.29, 1.82) is 0 Å². The summed E-state index contributed by atoms with van der Waals surface area (Å²) in [5, 5.41) is 20.8. The molecule has 1 aliphatic rings. The van der Waals surface area contributed by atoms with Gasteiger partial charge in [0.25, 0.3) is 0 Å². The summed E-state index contributed by atoms with van der Waals surface area (Å²) in [4.78, 5) is 22.5. The molecule has 2 rings (SSSR count). The lowest BCUT2D eigenvalue weighted by molar-refractivity contribution is -0.139. The van der Waals surface area contributed by atoms with Gasteiger partial charge >= 0.3 is 11.9 Å². The fourth-order valence-corrected chi connectivity index (χ4v) is 3.08. The highest BCUT2D eigenvalue weighted by Gasteiger charge is 2.29. The molecular weight excluding hydrogens is 254 g/mol. The molecule has 2 atom stereocenters. The van der Waals surface area contributed by atoms with Crippen LogP contribution in [0.5, 0.6) is 0 Å². The quantitative estimate of drug-likeness (QED) is 0.762. The summed E-state index contributed by atoms with van der Waals surface area (Å²) in [5.74, 6) is -1.79. The van der Waals surface area contributed by atoms with Crippen molar-refractivity contribution in [3.05, 3.63) is 29.8 Å². The van der Waals surface area contributed by atoms with E-state index in [1.807, 2.05) is 6.07 Å². The number of carboxylic acid groups (broad SMARTS) is 2. The molecule has 3 N–H and O–H groups in total. The second-order valence-electron chi connectivity index (χ2n) is 4.11. The van der Waals surface area contributed by atoms with Crippen LogP contribution in [0.1, 0.15) is 16.8 Å².